The molecule has 1 N–H and O–H groups in total. The molecule has 3 aromatic carbocycles. The lowest BCUT2D eigenvalue weighted by Crippen LogP contribution is -2.27. The van der Waals surface area contributed by atoms with Crippen LogP contribution in [0.3, 0.4) is 0 Å². The molecule has 0 aliphatic heterocycles. The molecule has 0 aliphatic rings. The smallest absolute Gasteiger partial charge is 0.220 e. The minimum atomic E-state index is -0.305. The van der Waals surface area contributed by atoms with Crippen LogP contribution in [0.1, 0.15) is 36.0 Å². The molecule has 0 aliphatic carbocycles. The van der Waals surface area contributed by atoms with Crippen LogP contribution in [0.25, 0.3) is 10.9 Å². The Hall–Kier alpha value is -3.80. The molecule has 0 radical (unpaired) electrons. The molecule has 1 heterocycles. The van der Waals surface area contributed by atoms with Crippen molar-refractivity contribution < 1.29 is 18.7 Å². The lowest BCUT2D eigenvalue weighted by atomic mass is 9.88. The largest absolute Gasteiger partial charge is 0.493 e. The zero-order chi connectivity index (χ0) is 24.8. The van der Waals surface area contributed by atoms with E-state index in [1.54, 1.807) is 20.3 Å². The number of ether oxygens (including phenoxy) is 2. The van der Waals surface area contributed by atoms with E-state index in [0.29, 0.717) is 24.5 Å². The Labute approximate surface area is 205 Å². The number of fused-ring (bicyclic) bond motifs is 1. The van der Waals surface area contributed by atoms with Crippen molar-refractivity contribution in [2.45, 2.75) is 32.2 Å². The number of carbonyl (C=O) groups excluding carboxylic acids is 1. The summed E-state index contributed by atoms with van der Waals surface area (Å²) in [6.07, 6.45) is 2.98. The summed E-state index contributed by atoms with van der Waals surface area (Å²) in [6, 6.07) is 20.4. The van der Waals surface area contributed by atoms with Gasteiger partial charge in [0.2, 0.25) is 5.91 Å². The van der Waals surface area contributed by atoms with Gasteiger partial charge in [0.15, 0.2) is 11.5 Å². The molecule has 1 unspecified atom stereocenters. The van der Waals surface area contributed by atoms with Crippen molar-refractivity contribution in [3.05, 3.63) is 95.4 Å². The van der Waals surface area contributed by atoms with Crippen LogP contribution >= 0.6 is 0 Å². The van der Waals surface area contributed by atoms with Gasteiger partial charge in [-0.2, -0.15) is 0 Å². The SMILES string of the molecule is CCn1cc(C(CC(=O)NCCc2ccc(OC)c(OC)c2)c2cccc(F)c2)c2ccccc21. The van der Waals surface area contributed by atoms with Gasteiger partial charge >= 0.3 is 0 Å². The number of halogens is 1. The van der Waals surface area contributed by atoms with Gasteiger partial charge in [-0.1, -0.05) is 36.4 Å². The second kappa shape index (κ2) is 11.1. The van der Waals surface area contributed by atoms with E-state index in [9.17, 15) is 9.18 Å². The number of para-hydroxylation sites is 1. The Morgan fingerprint density at radius 1 is 1.00 bits per heavy atom. The molecule has 0 fully saturated rings. The summed E-state index contributed by atoms with van der Waals surface area (Å²) < 4.78 is 27.0. The first-order chi connectivity index (χ1) is 17.0. The van der Waals surface area contributed by atoms with Gasteiger partial charge in [0, 0.05) is 42.5 Å². The summed E-state index contributed by atoms with van der Waals surface area (Å²) >= 11 is 0. The summed E-state index contributed by atoms with van der Waals surface area (Å²) in [5.74, 6) is 0.692. The normalized spacial score (nSPS) is 11.9. The number of amides is 1. The predicted octanol–water partition coefficient (Wildman–Crippen LogP) is 5.70. The van der Waals surface area contributed by atoms with Gasteiger partial charge in [-0.25, -0.2) is 4.39 Å². The molecule has 4 aromatic rings. The van der Waals surface area contributed by atoms with Crippen LogP contribution in [-0.2, 0) is 17.8 Å². The van der Waals surface area contributed by atoms with Crippen molar-refractivity contribution in [3.8, 4) is 11.5 Å². The molecule has 35 heavy (non-hydrogen) atoms. The maximum atomic E-state index is 14.1. The molecule has 1 atom stereocenters. The van der Waals surface area contributed by atoms with Gasteiger partial charge in [-0.15, -0.1) is 0 Å². The van der Waals surface area contributed by atoms with E-state index in [1.165, 1.54) is 12.1 Å². The number of rotatable bonds is 10. The summed E-state index contributed by atoms with van der Waals surface area (Å²) in [5.41, 5.74) is 3.97. The maximum absolute atomic E-state index is 14.1. The van der Waals surface area contributed by atoms with Crippen LogP contribution in [0.5, 0.6) is 11.5 Å². The number of hydrogen-bond acceptors (Lipinski definition) is 3. The third-order valence-corrected chi connectivity index (χ3v) is 6.36. The predicted molar refractivity (Wildman–Crippen MR) is 137 cm³/mol. The lowest BCUT2D eigenvalue weighted by Gasteiger charge is -2.17. The van der Waals surface area contributed by atoms with E-state index in [1.807, 2.05) is 36.4 Å². The number of nitrogens with zero attached hydrogens (tertiary/aromatic N) is 1. The lowest BCUT2D eigenvalue weighted by molar-refractivity contribution is -0.121. The van der Waals surface area contributed by atoms with Gasteiger partial charge in [0.05, 0.1) is 14.2 Å². The highest BCUT2D eigenvalue weighted by atomic mass is 19.1. The first kappa shape index (κ1) is 24.3. The monoisotopic (exact) mass is 474 g/mol. The van der Waals surface area contributed by atoms with Crippen molar-refractivity contribution in [1.82, 2.24) is 9.88 Å². The van der Waals surface area contributed by atoms with Crippen LogP contribution in [0.15, 0.2) is 72.9 Å². The third-order valence-electron chi connectivity index (χ3n) is 6.36. The molecule has 1 amide bonds. The highest BCUT2D eigenvalue weighted by molar-refractivity contribution is 5.86. The fourth-order valence-electron chi connectivity index (χ4n) is 4.59. The first-order valence-electron chi connectivity index (χ1n) is 11.8. The second-order valence-electron chi connectivity index (χ2n) is 8.49. The number of methoxy groups -OCH3 is 2. The molecular weight excluding hydrogens is 443 g/mol. The van der Waals surface area contributed by atoms with Crippen molar-refractivity contribution in [3.63, 3.8) is 0 Å². The minimum Gasteiger partial charge on any atom is -0.493 e. The van der Waals surface area contributed by atoms with Gasteiger partial charge in [0.25, 0.3) is 0 Å². The molecule has 6 heteroatoms. The van der Waals surface area contributed by atoms with Gasteiger partial charge in [0.1, 0.15) is 5.82 Å². The third kappa shape index (κ3) is 5.48. The summed E-state index contributed by atoms with van der Waals surface area (Å²) in [4.78, 5) is 13.1. The first-order valence-corrected chi connectivity index (χ1v) is 11.8. The Kier molecular flexibility index (Phi) is 7.70. The summed E-state index contributed by atoms with van der Waals surface area (Å²) in [6.45, 7) is 3.39. The zero-order valence-electron chi connectivity index (χ0n) is 20.4. The Balaban J connectivity index is 1.53. The van der Waals surface area contributed by atoms with E-state index in [2.05, 4.69) is 35.1 Å². The fraction of sp³-hybridized carbons (Fsp3) is 0.276. The van der Waals surface area contributed by atoms with Crippen LogP contribution < -0.4 is 14.8 Å². The van der Waals surface area contributed by atoms with Crippen molar-refractivity contribution in [1.29, 1.82) is 0 Å². The second-order valence-corrected chi connectivity index (χ2v) is 8.49. The molecule has 0 spiro atoms. The number of hydrogen-bond donors (Lipinski definition) is 1. The maximum Gasteiger partial charge on any atom is 0.220 e. The van der Waals surface area contributed by atoms with Gasteiger partial charge in [-0.05, 0) is 60.4 Å². The Bertz CT molecular complexity index is 1310. The van der Waals surface area contributed by atoms with E-state index in [0.717, 1.165) is 34.1 Å². The molecule has 1 aromatic heterocycles. The molecule has 0 bridgehead atoms. The number of carbonyl (C=O) groups is 1. The molecule has 5 nitrogen and oxygen atoms in total. The standard InChI is InChI=1S/C29H31FN2O3/c1-4-32-19-25(23-10-5-6-11-26(23)32)24(21-8-7-9-22(30)17-21)18-29(33)31-15-14-20-12-13-27(34-2)28(16-20)35-3/h5-13,16-17,19,24H,4,14-15,18H2,1-3H3,(H,31,33). The number of aryl methyl sites for hydroxylation is 1. The molecule has 0 saturated heterocycles. The van der Waals surface area contributed by atoms with Crippen LogP contribution in [0.4, 0.5) is 4.39 Å². The quantitative estimate of drug-likeness (QED) is 0.321. The summed E-state index contributed by atoms with van der Waals surface area (Å²) in [5, 5.41) is 4.12. The molecule has 4 rings (SSSR count). The average molecular weight is 475 g/mol. The van der Waals surface area contributed by atoms with E-state index < -0.39 is 0 Å². The van der Waals surface area contributed by atoms with Crippen LogP contribution in [0, 0.1) is 5.82 Å². The van der Waals surface area contributed by atoms with Crippen LogP contribution in [-0.4, -0.2) is 31.2 Å². The topological polar surface area (TPSA) is 52.5 Å². The highest BCUT2D eigenvalue weighted by Gasteiger charge is 2.23. The number of aromatic nitrogens is 1. The van der Waals surface area contributed by atoms with E-state index in [4.69, 9.17) is 9.47 Å². The minimum absolute atomic E-state index is 0.0759. The Morgan fingerprint density at radius 3 is 2.54 bits per heavy atom. The van der Waals surface area contributed by atoms with Crippen molar-refractivity contribution in [2.24, 2.45) is 0 Å². The highest BCUT2D eigenvalue weighted by Crippen LogP contribution is 2.35. The van der Waals surface area contributed by atoms with Crippen molar-refractivity contribution >= 4 is 16.8 Å². The number of nitrogens with one attached hydrogen (secondary N) is 1. The number of benzene rings is 3. The van der Waals surface area contributed by atoms with Crippen LogP contribution in [0.2, 0.25) is 0 Å². The van der Waals surface area contributed by atoms with Gasteiger partial charge in [-0.3, -0.25) is 4.79 Å². The average Bonchev–Trinajstić information content (AvgIpc) is 3.25. The van der Waals surface area contributed by atoms with Crippen molar-refractivity contribution in [2.75, 3.05) is 20.8 Å². The summed E-state index contributed by atoms with van der Waals surface area (Å²) in [7, 11) is 3.20. The Morgan fingerprint density at radius 2 is 1.80 bits per heavy atom. The van der Waals surface area contributed by atoms with Gasteiger partial charge < -0.3 is 19.4 Å². The molecule has 182 valence electrons. The fourth-order valence-corrected chi connectivity index (χ4v) is 4.59. The molecule has 0 saturated carbocycles. The molecular formula is C29H31FN2O3. The zero-order valence-corrected chi connectivity index (χ0v) is 20.4. The van der Waals surface area contributed by atoms with E-state index in [-0.39, 0.29) is 24.1 Å². The van der Waals surface area contributed by atoms with E-state index >= 15 is 0 Å².